The Morgan fingerprint density at radius 2 is 1.10 bits per heavy atom. The summed E-state index contributed by atoms with van der Waals surface area (Å²) >= 11 is 0. The van der Waals surface area contributed by atoms with Crippen LogP contribution in [0.4, 0.5) is 5.69 Å². The van der Waals surface area contributed by atoms with Crippen molar-refractivity contribution in [2.24, 2.45) is 0 Å². The van der Waals surface area contributed by atoms with Crippen molar-refractivity contribution < 1.29 is 79.5 Å². The summed E-state index contributed by atoms with van der Waals surface area (Å²) in [5.41, 5.74) is 6.11. The molecule has 3 saturated heterocycles. The van der Waals surface area contributed by atoms with Gasteiger partial charge in [0.1, 0.15) is 79.0 Å². The van der Waals surface area contributed by atoms with Crippen LogP contribution in [0.25, 0.3) is 0 Å². The lowest BCUT2D eigenvalue weighted by molar-refractivity contribution is -0.358. The molecule has 0 radical (unpaired) electrons. The Morgan fingerprint density at radius 1 is 0.585 bits per heavy atom. The quantitative estimate of drug-likeness (QED) is 0.118. The molecule has 3 heterocycles. The van der Waals surface area contributed by atoms with Crippen LogP contribution in [0.3, 0.4) is 0 Å². The molecule has 0 bridgehead atoms. The second-order valence-corrected chi connectivity index (χ2v) is 10.0. The topological polar surface area (TPSA) is 284 Å². The van der Waals surface area contributed by atoms with Crippen LogP contribution < -0.4 is 10.5 Å². The molecule has 1 aromatic rings. The molecule has 17 heteroatoms. The first-order chi connectivity index (χ1) is 19.5. The number of benzene rings is 1. The van der Waals surface area contributed by atoms with Crippen molar-refractivity contribution in [2.45, 2.75) is 92.1 Å². The normalized spacial score (nSPS) is 45.4. The molecule has 0 aliphatic carbocycles. The van der Waals surface area contributed by atoms with Crippen LogP contribution in [0.1, 0.15) is 0 Å². The van der Waals surface area contributed by atoms with Gasteiger partial charge in [-0.3, -0.25) is 0 Å². The molecule has 17 nitrogen and oxygen atoms in total. The SMILES string of the molecule is Nc1ccc(O[C@H]2O[C@H](CO[C@H]3O[C@H](CO)[C@@H](O)[C@H](O)[C@@H]3O)[C@H](O)[C@H](O[C@H]3O[C@H](CO)[C@@H](O)[C@H](O)[C@@H]3O)[C@@H]2O)cc1. The number of ether oxygens (including phenoxy) is 6. The summed E-state index contributed by atoms with van der Waals surface area (Å²) in [6.45, 7) is -2.03. The number of aliphatic hydroxyl groups is 10. The van der Waals surface area contributed by atoms with Crippen LogP contribution in [0.15, 0.2) is 24.3 Å². The van der Waals surface area contributed by atoms with E-state index in [0.29, 0.717) is 5.69 Å². The zero-order valence-corrected chi connectivity index (χ0v) is 21.6. The van der Waals surface area contributed by atoms with Crippen molar-refractivity contribution in [1.82, 2.24) is 0 Å². The fraction of sp³-hybridized carbons (Fsp3) is 0.750. The molecule has 0 unspecified atom stereocenters. The number of nitrogens with two attached hydrogens (primary N) is 1. The fourth-order valence-corrected chi connectivity index (χ4v) is 4.71. The molecule has 0 aromatic heterocycles. The molecule has 0 saturated carbocycles. The largest absolute Gasteiger partial charge is 0.462 e. The zero-order chi connectivity index (χ0) is 30.0. The third-order valence-electron chi connectivity index (χ3n) is 7.19. The molecule has 1 aromatic carbocycles. The second-order valence-electron chi connectivity index (χ2n) is 10.0. The number of aliphatic hydroxyl groups excluding tert-OH is 10. The first-order valence-corrected chi connectivity index (χ1v) is 12.9. The molecule has 0 spiro atoms. The number of nitrogen functional groups attached to an aromatic ring is 1. The molecule has 12 N–H and O–H groups in total. The fourth-order valence-electron chi connectivity index (χ4n) is 4.71. The van der Waals surface area contributed by atoms with Crippen molar-refractivity contribution in [3.63, 3.8) is 0 Å². The van der Waals surface area contributed by atoms with Crippen molar-refractivity contribution in [2.75, 3.05) is 25.6 Å². The van der Waals surface area contributed by atoms with E-state index in [0.717, 1.165) is 0 Å². The van der Waals surface area contributed by atoms with E-state index < -0.39 is 112 Å². The van der Waals surface area contributed by atoms with Gasteiger partial charge in [0.15, 0.2) is 12.6 Å². The predicted octanol–water partition coefficient (Wildman–Crippen LogP) is -5.90. The maximum absolute atomic E-state index is 11.1. The number of rotatable bonds is 9. The molecule has 3 fully saturated rings. The van der Waals surface area contributed by atoms with Gasteiger partial charge < -0.3 is 85.2 Å². The van der Waals surface area contributed by atoms with Gasteiger partial charge in [0.2, 0.25) is 6.29 Å². The highest BCUT2D eigenvalue weighted by atomic mass is 16.7. The molecule has 41 heavy (non-hydrogen) atoms. The maximum Gasteiger partial charge on any atom is 0.229 e. The van der Waals surface area contributed by atoms with Gasteiger partial charge in [-0.1, -0.05) is 0 Å². The van der Waals surface area contributed by atoms with Gasteiger partial charge in [-0.25, -0.2) is 0 Å². The van der Waals surface area contributed by atoms with E-state index in [4.69, 9.17) is 34.2 Å². The lowest BCUT2D eigenvalue weighted by Crippen LogP contribution is -2.65. The average molecular weight is 596 g/mol. The van der Waals surface area contributed by atoms with Gasteiger partial charge >= 0.3 is 0 Å². The third-order valence-corrected chi connectivity index (χ3v) is 7.19. The molecular formula is C24H37NO16. The van der Waals surface area contributed by atoms with E-state index in [9.17, 15) is 51.1 Å². The second kappa shape index (κ2) is 13.7. The summed E-state index contributed by atoms with van der Waals surface area (Å²) in [6.07, 6.45) is -24.4. The van der Waals surface area contributed by atoms with Crippen LogP contribution in [0, 0.1) is 0 Å². The minimum absolute atomic E-state index is 0.194. The highest BCUT2D eigenvalue weighted by Crippen LogP contribution is 2.31. The van der Waals surface area contributed by atoms with Crippen LogP contribution >= 0.6 is 0 Å². The van der Waals surface area contributed by atoms with Gasteiger partial charge in [-0.05, 0) is 24.3 Å². The van der Waals surface area contributed by atoms with E-state index in [-0.39, 0.29) is 5.75 Å². The Morgan fingerprint density at radius 3 is 1.66 bits per heavy atom. The van der Waals surface area contributed by atoms with Crippen molar-refractivity contribution in [1.29, 1.82) is 0 Å². The van der Waals surface area contributed by atoms with Gasteiger partial charge in [-0.2, -0.15) is 0 Å². The van der Waals surface area contributed by atoms with Gasteiger partial charge in [0.25, 0.3) is 0 Å². The monoisotopic (exact) mass is 595 g/mol. The molecule has 3 aliphatic rings. The summed E-state index contributed by atoms with van der Waals surface area (Å²) < 4.78 is 33.2. The Labute approximate surface area is 233 Å². The summed E-state index contributed by atoms with van der Waals surface area (Å²) in [7, 11) is 0. The number of hydrogen-bond acceptors (Lipinski definition) is 17. The molecule has 234 valence electrons. The smallest absolute Gasteiger partial charge is 0.229 e. The zero-order valence-electron chi connectivity index (χ0n) is 21.6. The molecular weight excluding hydrogens is 558 g/mol. The average Bonchev–Trinajstić information content (AvgIpc) is 2.96. The highest BCUT2D eigenvalue weighted by Gasteiger charge is 2.52. The summed E-state index contributed by atoms with van der Waals surface area (Å²) in [4.78, 5) is 0. The summed E-state index contributed by atoms with van der Waals surface area (Å²) in [5, 5.41) is 102. The molecule has 3 aliphatic heterocycles. The van der Waals surface area contributed by atoms with Crippen LogP contribution in [0.2, 0.25) is 0 Å². The molecule has 0 amide bonds. The highest BCUT2D eigenvalue weighted by molar-refractivity contribution is 5.41. The van der Waals surface area contributed by atoms with E-state index >= 15 is 0 Å². The first kappa shape index (κ1) is 32.1. The lowest BCUT2D eigenvalue weighted by Gasteiger charge is -2.46. The first-order valence-electron chi connectivity index (χ1n) is 12.9. The van der Waals surface area contributed by atoms with E-state index in [1.165, 1.54) is 24.3 Å². The van der Waals surface area contributed by atoms with Crippen molar-refractivity contribution >= 4 is 5.69 Å². The Balaban J connectivity index is 1.52. The van der Waals surface area contributed by atoms with Gasteiger partial charge in [0, 0.05) is 5.69 Å². The molecule has 15 atom stereocenters. The van der Waals surface area contributed by atoms with E-state index in [2.05, 4.69) is 0 Å². The van der Waals surface area contributed by atoms with E-state index in [1.807, 2.05) is 0 Å². The summed E-state index contributed by atoms with van der Waals surface area (Å²) in [6, 6.07) is 5.98. The van der Waals surface area contributed by atoms with Crippen LogP contribution in [0.5, 0.6) is 5.75 Å². The minimum atomic E-state index is -1.85. The van der Waals surface area contributed by atoms with Gasteiger partial charge in [0.05, 0.1) is 19.8 Å². The number of anilines is 1. The van der Waals surface area contributed by atoms with Crippen molar-refractivity contribution in [3.05, 3.63) is 24.3 Å². The van der Waals surface area contributed by atoms with Crippen LogP contribution in [-0.2, 0) is 23.7 Å². The third kappa shape index (κ3) is 6.90. The van der Waals surface area contributed by atoms with Crippen molar-refractivity contribution in [3.8, 4) is 5.75 Å². The van der Waals surface area contributed by atoms with Crippen LogP contribution in [-0.4, -0.2) is 163 Å². The summed E-state index contributed by atoms with van der Waals surface area (Å²) in [5.74, 6) is 0.194. The van der Waals surface area contributed by atoms with E-state index in [1.54, 1.807) is 0 Å². The standard InChI is InChI=1S/C24H37NO16/c25-8-1-3-9(4-2-8)37-24-20(35)21(41-23-19(34)17(32)14(29)11(6-27)39-23)15(30)12(40-24)7-36-22-18(33)16(31)13(28)10(5-26)38-22/h1-4,10-24,26-35H,5-7,25H2/t10-,11-,12-,13-,14-,15+,16+,17+,18+,19+,20+,21+,22+,23-,24+/m1/s1. The Bertz CT molecular complexity index is 954. The Hall–Kier alpha value is -1.78. The number of hydrogen-bond donors (Lipinski definition) is 11. The maximum atomic E-state index is 11.1. The predicted molar refractivity (Wildman–Crippen MR) is 131 cm³/mol. The molecule has 4 rings (SSSR count). The lowest BCUT2D eigenvalue weighted by atomic mass is 9.96. The van der Waals surface area contributed by atoms with Gasteiger partial charge in [-0.15, -0.1) is 0 Å². The minimum Gasteiger partial charge on any atom is -0.462 e. The Kier molecular flexibility index (Phi) is 10.7.